The molecule has 132 valence electrons. The van der Waals surface area contributed by atoms with E-state index in [4.69, 9.17) is 9.47 Å². The predicted octanol–water partition coefficient (Wildman–Crippen LogP) is 2.71. The van der Waals surface area contributed by atoms with Gasteiger partial charge >= 0.3 is 0 Å². The lowest BCUT2D eigenvalue weighted by atomic mass is 10.1. The topological polar surface area (TPSA) is 89.9 Å². The molecule has 2 aromatic carbocycles. The lowest BCUT2D eigenvalue weighted by Crippen LogP contribution is -2.03. The van der Waals surface area contributed by atoms with E-state index < -0.39 is 9.84 Å². The molecule has 0 amide bonds. The SMILES string of the molecule is COc1ccc(/C=C/C(=O)c2ccc(S(C)(=O)=O)c(OC)c2)cc1O. The Bertz CT molecular complexity index is 929. The quantitative estimate of drug-likeness (QED) is 0.628. The number of allylic oxidation sites excluding steroid dienone is 1. The number of benzene rings is 2. The van der Waals surface area contributed by atoms with E-state index >= 15 is 0 Å². The normalized spacial score (nSPS) is 11.5. The zero-order valence-electron chi connectivity index (χ0n) is 14.0. The molecule has 1 N–H and O–H groups in total. The average molecular weight is 362 g/mol. The van der Waals surface area contributed by atoms with E-state index in [1.807, 2.05) is 0 Å². The van der Waals surface area contributed by atoms with E-state index in [0.717, 1.165) is 6.26 Å². The molecule has 7 heteroatoms. The van der Waals surface area contributed by atoms with Crippen LogP contribution in [0.4, 0.5) is 0 Å². The highest BCUT2D eigenvalue weighted by atomic mass is 32.2. The van der Waals surface area contributed by atoms with Crippen molar-refractivity contribution < 1.29 is 27.8 Å². The molecule has 0 aliphatic carbocycles. The van der Waals surface area contributed by atoms with E-state index in [1.165, 1.54) is 44.6 Å². The molecule has 0 saturated carbocycles. The van der Waals surface area contributed by atoms with Gasteiger partial charge in [0.25, 0.3) is 0 Å². The van der Waals surface area contributed by atoms with E-state index in [9.17, 15) is 18.3 Å². The van der Waals surface area contributed by atoms with Gasteiger partial charge in [0.2, 0.25) is 0 Å². The fourth-order valence-corrected chi connectivity index (χ4v) is 3.03. The minimum atomic E-state index is -3.45. The summed E-state index contributed by atoms with van der Waals surface area (Å²) in [6, 6.07) is 8.90. The van der Waals surface area contributed by atoms with Crippen LogP contribution >= 0.6 is 0 Å². The van der Waals surface area contributed by atoms with Crippen LogP contribution in [0.15, 0.2) is 47.4 Å². The van der Waals surface area contributed by atoms with Crippen LogP contribution in [0.2, 0.25) is 0 Å². The first-order valence-electron chi connectivity index (χ1n) is 7.23. The van der Waals surface area contributed by atoms with Crippen LogP contribution in [0.25, 0.3) is 6.08 Å². The van der Waals surface area contributed by atoms with E-state index in [0.29, 0.717) is 16.9 Å². The maximum atomic E-state index is 12.3. The van der Waals surface area contributed by atoms with Crippen LogP contribution in [0.3, 0.4) is 0 Å². The number of hydrogen-bond donors (Lipinski definition) is 1. The fourth-order valence-electron chi connectivity index (χ4n) is 2.21. The first-order valence-corrected chi connectivity index (χ1v) is 9.13. The molecule has 0 aliphatic rings. The van der Waals surface area contributed by atoms with Gasteiger partial charge in [0.05, 0.1) is 14.2 Å². The van der Waals surface area contributed by atoms with E-state index in [-0.39, 0.29) is 22.2 Å². The Morgan fingerprint density at radius 1 is 1.04 bits per heavy atom. The van der Waals surface area contributed by atoms with Gasteiger partial charge in [-0.15, -0.1) is 0 Å². The summed E-state index contributed by atoms with van der Waals surface area (Å²) >= 11 is 0. The first-order chi connectivity index (χ1) is 11.8. The Hall–Kier alpha value is -2.80. The average Bonchev–Trinajstić information content (AvgIpc) is 2.58. The van der Waals surface area contributed by atoms with Crippen LogP contribution < -0.4 is 9.47 Å². The Balaban J connectivity index is 2.27. The van der Waals surface area contributed by atoms with E-state index in [1.54, 1.807) is 18.2 Å². The highest BCUT2D eigenvalue weighted by Gasteiger charge is 2.16. The highest BCUT2D eigenvalue weighted by molar-refractivity contribution is 7.90. The van der Waals surface area contributed by atoms with Crippen molar-refractivity contribution in [2.75, 3.05) is 20.5 Å². The number of ketones is 1. The van der Waals surface area contributed by atoms with Crippen LogP contribution in [-0.2, 0) is 9.84 Å². The zero-order valence-corrected chi connectivity index (χ0v) is 14.8. The predicted molar refractivity (Wildman–Crippen MR) is 94.1 cm³/mol. The number of ether oxygens (including phenoxy) is 2. The third-order valence-corrected chi connectivity index (χ3v) is 4.61. The van der Waals surface area contributed by atoms with Crippen molar-refractivity contribution in [2.24, 2.45) is 0 Å². The van der Waals surface area contributed by atoms with E-state index in [2.05, 4.69) is 0 Å². The molecule has 2 aromatic rings. The van der Waals surface area contributed by atoms with Crippen molar-refractivity contribution in [3.05, 3.63) is 53.6 Å². The monoisotopic (exact) mass is 362 g/mol. The third-order valence-electron chi connectivity index (χ3n) is 3.48. The molecule has 6 nitrogen and oxygen atoms in total. The molecule has 25 heavy (non-hydrogen) atoms. The van der Waals surface area contributed by atoms with Gasteiger partial charge in [-0.3, -0.25) is 4.79 Å². The smallest absolute Gasteiger partial charge is 0.185 e. The van der Waals surface area contributed by atoms with Crippen molar-refractivity contribution in [1.29, 1.82) is 0 Å². The molecule has 0 aromatic heterocycles. The van der Waals surface area contributed by atoms with Crippen molar-refractivity contribution in [3.8, 4) is 17.2 Å². The summed E-state index contributed by atoms with van der Waals surface area (Å²) in [6.07, 6.45) is 3.94. The Morgan fingerprint density at radius 2 is 1.72 bits per heavy atom. The number of carbonyl (C=O) groups is 1. The number of carbonyl (C=O) groups excluding carboxylic acids is 1. The molecular formula is C18H18O6S. The number of rotatable bonds is 6. The van der Waals surface area contributed by atoms with Crippen molar-refractivity contribution in [2.45, 2.75) is 4.90 Å². The Kier molecular flexibility index (Phi) is 5.48. The molecular weight excluding hydrogens is 344 g/mol. The molecule has 0 radical (unpaired) electrons. The van der Waals surface area contributed by atoms with Gasteiger partial charge in [0.15, 0.2) is 27.1 Å². The van der Waals surface area contributed by atoms with Gasteiger partial charge in [-0.2, -0.15) is 0 Å². The largest absolute Gasteiger partial charge is 0.504 e. The second-order valence-corrected chi connectivity index (χ2v) is 7.25. The van der Waals surface area contributed by atoms with Crippen LogP contribution in [0, 0.1) is 0 Å². The molecule has 0 aliphatic heterocycles. The summed E-state index contributed by atoms with van der Waals surface area (Å²) in [6.45, 7) is 0. The number of hydrogen-bond acceptors (Lipinski definition) is 6. The molecule has 0 atom stereocenters. The number of phenolic OH excluding ortho intramolecular Hbond substituents is 1. The molecule has 0 fully saturated rings. The lowest BCUT2D eigenvalue weighted by molar-refractivity contribution is 0.104. The third kappa shape index (κ3) is 4.39. The number of phenols is 1. The molecule has 0 heterocycles. The highest BCUT2D eigenvalue weighted by Crippen LogP contribution is 2.27. The summed E-state index contributed by atoms with van der Waals surface area (Å²) in [5.74, 6) is 0.0957. The Labute approximate surface area is 146 Å². The van der Waals surface area contributed by atoms with Gasteiger partial charge in [0.1, 0.15) is 10.6 Å². The molecule has 0 unspecified atom stereocenters. The minimum absolute atomic E-state index is 0.0237. The summed E-state index contributed by atoms with van der Waals surface area (Å²) < 4.78 is 33.4. The molecule has 0 bridgehead atoms. The number of aromatic hydroxyl groups is 1. The second-order valence-electron chi connectivity index (χ2n) is 5.27. The van der Waals surface area contributed by atoms with Crippen molar-refractivity contribution in [1.82, 2.24) is 0 Å². The zero-order chi connectivity index (χ0) is 18.6. The van der Waals surface area contributed by atoms with Gasteiger partial charge in [-0.25, -0.2) is 8.42 Å². The standard InChI is InChI=1S/C18H18O6S/c1-23-16-8-5-12(10-15(16)20)4-7-14(19)13-6-9-18(25(3,21)22)17(11-13)24-2/h4-11,20H,1-3H3/b7-4+. The summed E-state index contributed by atoms with van der Waals surface area (Å²) in [5, 5.41) is 9.73. The fraction of sp³-hybridized carbons (Fsp3) is 0.167. The minimum Gasteiger partial charge on any atom is -0.504 e. The molecule has 0 saturated heterocycles. The van der Waals surface area contributed by atoms with Gasteiger partial charge in [-0.05, 0) is 42.0 Å². The molecule has 2 rings (SSSR count). The second kappa shape index (κ2) is 7.40. The summed E-state index contributed by atoms with van der Waals surface area (Å²) in [7, 11) is -0.661. The maximum Gasteiger partial charge on any atom is 0.185 e. The van der Waals surface area contributed by atoms with Gasteiger partial charge in [-0.1, -0.05) is 12.1 Å². The van der Waals surface area contributed by atoms with Crippen LogP contribution in [0.1, 0.15) is 15.9 Å². The van der Waals surface area contributed by atoms with Crippen molar-refractivity contribution in [3.63, 3.8) is 0 Å². The Morgan fingerprint density at radius 3 is 2.28 bits per heavy atom. The summed E-state index contributed by atoms with van der Waals surface area (Å²) in [4.78, 5) is 12.3. The van der Waals surface area contributed by atoms with Crippen LogP contribution in [-0.4, -0.2) is 39.8 Å². The lowest BCUT2D eigenvalue weighted by Gasteiger charge is -2.08. The number of methoxy groups -OCH3 is 2. The van der Waals surface area contributed by atoms with Gasteiger partial charge < -0.3 is 14.6 Å². The maximum absolute atomic E-state index is 12.3. The van der Waals surface area contributed by atoms with Crippen molar-refractivity contribution >= 4 is 21.7 Å². The van der Waals surface area contributed by atoms with Gasteiger partial charge in [0, 0.05) is 11.8 Å². The molecule has 0 spiro atoms. The van der Waals surface area contributed by atoms with Crippen LogP contribution in [0.5, 0.6) is 17.2 Å². The summed E-state index contributed by atoms with van der Waals surface area (Å²) in [5.41, 5.74) is 0.907. The first kappa shape index (κ1) is 18.5. The number of sulfone groups is 1.